The van der Waals surface area contributed by atoms with E-state index in [4.69, 9.17) is 18.9 Å². The Morgan fingerprint density at radius 3 is 1.94 bits per heavy atom. The highest BCUT2D eigenvalue weighted by molar-refractivity contribution is 7.90. The van der Waals surface area contributed by atoms with Crippen molar-refractivity contribution >= 4 is 22.0 Å². The first-order valence-corrected chi connectivity index (χ1v) is 11.7. The van der Waals surface area contributed by atoms with Gasteiger partial charge in [-0.25, -0.2) is 12.8 Å². The summed E-state index contributed by atoms with van der Waals surface area (Å²) in [4.78, 5) is -0.0596. The number of methoxy groups -OCH3 is 4. The van der Waals surface area contributed by atoms with Crippen molar-refractivity contribution < 1.29 is 36.9 Å². The van der Waals surface area contributed by atoms with Crippen LogP contribution < -0.4 is 18.9 Å². The van der Waals surface area contributed by atoms with Gasteiger partial charge in [-0.3, -0.25) is 0 Å². The van der Waals surface area contributed by atoms with E-state index in [9.17, 15) is 17.9 Å². The van der Waals surface area contributed by atoms with E-state index in [1.54, 1.807) is 30.4 Å². The van der Waals surface area contributed by atoms with Gasteiger partial charge in [0.15, 0.2) is 32.8 Å². The average Bonchev–Trinajstić information content (AvgIpc) is 2.83. The summed E-state index contributed by atoms with van der Waals surface area (Å²) in [5, 5.41) is 10.7. The lowest BCUT2D eigenvalue weighted by Gasteiger charge is -2.14. The van der Waals surface area contributed by atoms with Crippen LogP contribution in [0.3, 0.4) is 0 Å². The molecule has 7 nitrogen and oxygen atoms in total. The van der Waals surface area contributed by atoms with Gasteiger partial charge in [-0.15, -0.1) is 0 Å². The fourth-order valence-corrected chi connectivity index (χ4v) is 4.80. The van der Waals surface area contributed by atoms with Gasteiger partial charge in [0.1, 0.15) is 5.82 Å². The molecule has 3 aromatic rings. The molecule has 0 heterocycles. The highest BCUT2D eigenvalue weighted by Crippen LogP contribution is 2.39. The molecule has 0 amide bonds. The zero-order valence-corrected chi connectivity index (χ0v) is 20.0. The van der Waals surface area contributed by atoms with Crippen molar-refractivity contribution in [3.05, 3.63) is 71.0 Å². The SMILES string of the molecule is COc1ccc(/C=C\c2cc(OC)c(OC)c(OC)c2)c(CS(=O)(=O)c2ccc(F)cc2)c1O. The lowest BCUT2D eigenvalue weighted by molar-refractivity contribution is 0.324. The van der Waals surface area contributed by atoms with Gasteiger partial charge in [0.2, 0.25) is 5.75 Å². The molecule has 0 saturated carbocycles. The average molecular weight is 489 g/mol. The van der Waals surface area contributed by atoms with E-state index >= 15 is 0 Å². The minimum atomic E-state index is -3.89. The number of aromatic hydroxyl groups is 1. The zero-order chi connectivity index (χ0) is 24.9. The third-order valence-corrected chi connectivity index (χ3v) is 6.81. The summed E-state index contributed by atoms with van der Waals surface area (Å²) in [5.41, 5.74) is 1.29. The Hall–Kier alpha value is -3.72. The lowest BCUT2D eigenvalue weighted by atomic mass is 10.0. The first-order chi connectivity index (χ1) is 16.2. The van der Waals surface area contributed by atoms with Crippen LogP contribution in [0, 0.1) is 5.82 Å². The van der Waals surface area contributed by atoms with Crippen molar-refractivity contribution in [2.45, 2.75) is 10.6 Å². The topological polar surface area (TPSA) is 91.3 Å². The Kier molecular flexibility index (Phi) is 7.68. The number of rotatable bonds is 9. The Balaban J connectivity index is 2.05. The van der Waals surface area contributed by atoms with Crippen LogP contribution in [0.2, 0.25) is 0 Å². The van der Waals surface area contributed by atoms with Gasteiger partial charge >= 0.3 is 0 Å². The van der Waals surface area contributed by atoms with E-state index in [0.29, 0.717) is 28.4 Å². The molecule has 0 bridgehead atoms. The van der Waals surface area contributed by atoms with Crippen LogP contribution in [0.1, 0.15) is 16.7 Å². The molecule has 0 atom stereocenters. The molecule has 0 radical (unpaired) electrons. The number of halogens is 1. The summed E-state index contributed by atoms with van der Waals surface area (Å²) in [7, 11) is 2.00. The minimum absolute atomic E-state index is 0.0596. The molecule has 0 aliphatic rings. The van der Waals surface area contributed by atoms with Crippen LogP contribution >= 0.6 is 0 Å². The van der Waals surface area contributed by atoms with Crippen LogP contribution in [-0.4, -0.2) is 42.0 Å². The molecule has 3 aromatic carbocycles. The molecule has 0 spiro atoms. The van der Waals surface area contributed by atoms with Gasteiger partial charge in [-0.1, -0.05) is 18.2 Å². The second-order valence-electron chi connectivity index (χ2n) is 7.19. The molecule has 34 heavy (non-hydrogen) atoms. The van der Waals surface area contributed by atoms with Crippen LogP contribution in [0.25, 0.3) is 12.2 Å². The van der Waals surface area contributed by atoms with Crippen LogP contribution in [0.5, 0.6) is 28.7 Å². The highest BCUT2D eigenvalue weighted by Gasteiger charge is 2.22. The van der Waals surface area contributed by atoms with Gasteiger partial charge < -0.3 is 24.1 Å². The van der Waals surface area contributed by atoms with E-state index < -0.39 is 21.4 Å². The molecule has 0 saturated heterocycles. The molecule has 0 aliphatic heterocycles. The second-order valence-corrected chi connectivity index (χ2v) is 9.18. The Labute approximate surface area is 197 Å². The predicted molar refractivity (Wildman–Crippen MR) is 127 cm³/mol. The Morgan fingerprint density at radius 1 is 0.824 bits per heavy atom. The van der Waals surface area contributed by atoms with Gasteiger partial charge in [0, 0.05) is 5.56 Å². The largest absolute Gasteiger partial charge is 0.504 e. The van der Waals surface area contributed by atoms with Crippen molar-refractivity contribution in [1.29, 1.82) is 0 Å². The Morgan fingerprint density at radius 2 is 1.41 bits per heavy atom. The van der Waals surface area contributed by atoms with Crippen LogP contribution in [-0.2, 0) is 15.6 Å². The molecule has 180 valence electrons. The van der Waals surface area contributed by atoms with Crippen LogP contribution in [0.4, 0.5) is 4.39 Å². The molecule has 9 heteroatoms. The predicted octanol–water partition coefficient (Wildman–Crippen LogP) is 4.71. The summed E-state index contributed by atoms with van der Waals surface area (Å²) >= 11 is 0. The molecule has 0 unspecified atom stereocenters. The zero-order valence-electron chi connectivity index (χ0n) is 19.2. The van der Waals surface area contributed by atoms with Crippen molar-refractivity contribution in [2.75, 3.05) is 28.4 Å². The lowest BCUT2D eigenvalue weighted by Crippen LogP contribution is -2.07. The standard InChI is InChI=1S/C25H25FO7S/c1-30-21-12-7-17(6-5-16-13-22(31-2)25(33-4)23(14-16)32-3)20(24(21)27)15-34(28,29)19-10-8-18(26)9-11-19/h5-14,27H,15H2,1-4H3/b6-5-. The quantitative estimate of drug-likeness (QED) is 0.345. The monoisotopic (exact) mass is 488 g/mol. The number of hydrogen-bond donors (Lipinski definition) is 1. The number of phenolic OH excluding ortho intramolecular Hbond substituents is 1. The van der Waals surface area contributed by atoms with Gasteiger partial charge in [-0.2, -0.15) is 0 Å². The number of sulfone groups is 1. The fourth-order valence-electron chi connectivity index (χ4n) is 3.40. The van der Waals surface area contributed by atoms with Crippen LogP contribution in [0.15, 0.2) is 53.4 Å². The second kappa shape index (κ2) is 10.5. The third-order valence-electron chi connectivity index (χ3n) is 5.15. The fraction of sp³-hybridized carbons (Fsp3) is 0.200. The van der Waals surface area contributed by atoms with Gasteiger partial charge in [0.05, 0.1) is 39.1 Å². The molecule has 1 N–H and O–H groups in total. The molecule has 0 fully saturated rings. The molecule has 3 rings (SSSR count). The Bertz CT molecular complexity index is 1270. The summed E-state index contributed by atoms with van der Waals surface area (Å²) in [6, 6.07) is 11.2. The van der Waals surface area contributed by atoms with E-state index in [1.165, 1.54) is 46.6 Å². The number of ether oxygens (including phenoxy) is 4. The molecular weight excluding hydrogens is 463 g/mol. The van der Waals surface area contributed by atoms with E-state index in [1.807, 2.05) is 0 Å². The number of hydrogen-bond acceptors (Lipinski definition) is 7. The number of phenols is 1. The summed E-state index contributed by atoms with van der Waals surface area (Å²) in [6.07, 6.45) is 3.38. The maximum atomic E-state index is 13.3. The smallest absolute Gasteiger partial charge is 0.203 e. The van der Waals surface area contributed by atoms with E-state index in [-0.39, 0.29) is 22.0 Å². The van der Waals surface area contributed by atoms with Crippen molar-refractivity contribution in [2.24, 2.45) is 0 Å². The third kappa shape index (κ3) is 5.26. The highest BCUT2D eigenvalue weighted by atomic mass is 32.2. The molecular formula is C25H25FO7S. The first-order valence-electron chi connectivity index (χ1n) is 10.1. The van der Waals surface area contributed by atoms with Crippen molar-refractivity contribution in [3.8, 4) is 28.7 Å². The van der Waals surface area contributed by atoms with E-state index in [0.717, 1.165) is 12.1 Å². The maximum Gasteiger partial charge on any atom is 0.203 e. The minimum Gasteiger partial charge on any atom is -0.504 e. The van der Waals surface area contributed by atoms with Gasteiger partial charge in [0.25, 0.3) is 0 Å². The van der Waals surface area contributed by atoms with E-state index in [2.05, 4.69) is 0 Å². The van der Waals surface area contributed by atoms with Crippen molar-refractivity contribution in [1.82, 2.24) is 0 Å². The molecule has 0 aliphatic carbocycles. The normalized spacial score (nSPS) is 11.4. The molecule has 0 aromatic heterocycles. The summed E-state index contributed by atoms with van der Waals surface area (Å²) < 4.78 is 60.4. The summed E-state index contributed by atoms with van der Waals surface area (Å²) in [5.74, 6) is 0.134. The van der Waals surface area contributed by atoms with Gasteiger partial charge in [-0.05, 0) is 53.6 Å². The van der Waals surface area contributed by atoms with Crippen molar-refractivity contribution in [3.63, 3.8) is 0 Å². The number of benzene rings is 3. The summed E-state index contributed by atoms with van der Waals surface area (Å²) in [6.45, 7) is 0. The first kappa shape index (κ1) is 24.9. The maximum absolute atomic E-state index is 13.3.